The average Bonchev–Trinajstić information content (AvgIpc) is 3.10. The van der Waals surface area contributed by atoms with Crippen LogP contribution in [0.4, 0.5) is 4.79 Å². The highest BCUT2D eigenvalue weighted by molar-refractivity contribution is 5.93. The van der Waals surface area contributed by atoms with Crippen molar-refractivity contribution in [2.75, 3.05) is 0 Å². The lowest BCUT2D eigenvalue weighted by atomic mass is 10.1. The van der Waals surface area contributed by atoms with Crippen molar-refractivity contribution in [3.8, 4) is 17.3 Å². The summed E-state index contributed by atoms with van der Waals surface area (Å²) in [6.07, 6.45) is 0.879. The maximum absolute atomic E-state index is 11.4. The summed E-state index contributed by atoms with van der Waals surface area (Å²) in [7, 11) is 0. The number of rotatable bonds is 5. The first-order valence-electron chi connectivity index (χ1n) is 7.41. The summed E-state index contributed by atoms with van der Waals surface area (Å²) in [6.45, 7) is 0. The third-order valence-corrected chi connectivity index (χ3v) is 3.36. The Morgan fingerprint density at radius 1 is 1.12 bits per heavy atom. The molecule has 132 valence electrons. The highest BCUT2D eigenvalue weighted by atomic mass is 16.6. The van der Waals surface area contributed by atoms with Crippen LogP contribution in [0.1, 0.15) is 21.8 Å². The fourth-order valence-electron chi connectivity index (χ4n) is 2.14. The van der Waals surface area contributed by atoms with E-state index in [9.17, 15) is 9.59 Å². The molecular formula is C16H14N6O4. The number of nitrogens with two attached hydrogens (primary N) is 2. The molecule has 0 fully saturated rings. The van der Waals surface area contributed by atoms with E-state index in [4.69, 9.17) is 16.0 Å². The summed E-state index contributed by atoms with van der Waals surface area (Å²) >= 11 is 0. The molecule has 2 amide bonds. The molecule has 0 bridgehead atoms. The zero-order valence-electron chi connectivity index (χ0n) is 13.4. The van der Waals surface area contributed by atoms with Gasteiger partial charge in [0.15, 0.2) is 0 Å². The van der Waals surface area contributed by atoms with Gasteiger partial charge in [-0.25, -0.2) is 15.6 Å². The standard InChI is InChI=1S/C16H14N6O4/c17-16(24)26-12-6-5-11(8-19-12)15-22-21-13(25-15)7-9-1-3-10(4-2-9)14(23)20-18/h1-6,8H,7,18H2,(H2,17,24)(H,20,23). The lowest BCUT2D eigenvalue weighted by Crippen LogP contribution is -2.29. The molecule has 2 heterocycles. The van der Waals surface area contributed by atoms with E-state index in [2.05, 4.69) is 25.3 Å². The van der Waals surface area contributed by atoms with Crippen molar-refractivity contribution in [1.82, 2.24) is 20.6 Å². The summed E-state index contributed by atoms with van der Waals surface area (Å²) in [5.41, 5.74) is 8.88. The number of aromatic nitrogens is 3. The fraction of sp³-hybridized carbons (Fsp3) is 0.0625. The lowest BCUT2D eigenvalue weighted by molar-refractivity contribution is 0.0953. The third kappa shape index (κ3) is 3.99. The number of benzene rings is 1. The number of carbonyl (C=O) groups is 2. The van der Waals surface area contributed by atoms with E-state index in [0.717, 1.165) is 5.56 Å². The van der Waals surface area contributed by atoms with Gasteiger partial charge in [-0.2, -0.15) is 0 Å². The second-order valence-corrected chi connectivity index (χ2v) is 5.15. The van der Waals surface area contributed by atoms with Gasteiger partial charge in [0.2, 0.25) is 17.7 Å². The van der Waals surface area contributed by atoms with Crippen molar-refractivity contribution >= 4 is 12.0 Å². The number of hydrogen-bond acceptors (Lipinski definition) is 8. The van der Waals surface area contributed by atoms with Crippen molar-refractivity contribution in [2.24, 2.45) is 11.6 Å². The van der Waals surface area contributed by atoms with Crippen LogP contribution in [0.15, 0.2) is 47.0 Å². The Hall–Kier alpha value is -3.79. The molecule has 0 atom stereocenters. The molecule has 0 saturated heterocycles. The van der Waals surface area contributed by atoms with Gasteiger partial charge in [0, 0.05) is 17.8 Å². The Morgan fingerprint density at radius 3 is 2.50 bits per heavy atom. The molecule has 3 aromatic rings. The number of nitrogen functional groups attached to an aromatic ring is 1. The molecule has 26 heavy (non-hydrogen) atoms. The number of ether oxygens (including phenoxy) is 1. The first-order valence-corrected chi connectivity index (χ1v) is 7.41. The molecule has 0 spiro atoms. The highest BCUT2D eigenvalue weighted by Gasteiger charge is 2.11. The third-order valence-electron chi connectivity index (χ3n) is 3.36. The van der Waals surface area contributed by atoms with Crippen LogP contribution in [0.2, 0.25) is 0 Å². The molecule has 1 aromatic carbocycles. The first-order chi connectivity index (χ1) is 12.5. The molecule has 2 aromatic heterocycles. The molecule has 0 radical (unpaired) electrons. The maximum atomic E-state index is 11.4. The molecule has 0 aliphatic rings. The van der Waals surface area contributed by atoms with E-state index in [0.29, 0.717) is 23.4 Å². The van der Waals surface area contributed by atoms with Crippen LogP contribution >= 0.6 is 0 Å². The Bertz CT molecular complexity index is 921. The number of nitrogens with zero attached hydrogens (tertiary/aromatic N) is 3. The first kappa shape index (κ1) is 17.0. The molecule has 3 rings (SSSR count). The molecule has 10 heteroatoms. The number of primary amides is 1. The van der Waals surface area contributed by atoms with E-state index < -0.39 is 6.09 Å². The van der Waals surface area contributed by atoms with Crippen molar-refractivity contribution in [3.05, 3.63) is 59.6 Å². The Balaban J connectivity index is 1.69. The minimum absolute atomic E-state index is 0.0718. The molecule has 0 saturated carbocycles. The van der Waals surface area contributed by atoms with Gasteiger partial charge in [0.1, 0.15) is 0 Å². The van der Waals surface area contributed by atoms with Crippen LogP contribution in [-0.2, 0) is 6.42 Å². The van der Waals surface area contributed by atoms with E-state index in [1.54, 1.807) is 30.3 Å². The number of hydrazine groups is 1. The molecule has 5 N–H and O–H groups in total. The van der Waals surface area contributed by atoms with E-state index in [1.807, 2.05) is 0 Å². The van der Waals surface area contributed by atoms with Crippen LogP contribution in [-0.4, -0.2) is 27.2 Å². The average molecular weight is 354 g/mol. The van der Waals surface area contributed by atoms with Gasteiger partial charge in [0.05, 0.1) is 12.0 Å². The quantitative estimate of drug-likeness (QED) is 0.344. The molecular weight excluding hydrogens is 340 g/mol. The van der Waals surface area contributed by atoms with E-state index >= 15 is 0 Å². The van der Waals surface area contributed by atoms with Gasteiger partial charge in [-0.1, -0.05) is 12.1 Å². The number of pyridine rings is 1. The monoisotopic (exact) mass is 354 g/mol. The van der Waals surface area contributed by atoms with Crippen molar-refractivity contribution < 1.29 is 18.7 Å². The van der Waals surface area contributed by atoms with Crippen LogP contribution in [0.3, 0.4) is 0 Å². The normalized spacial score (nSPS) is 10.3. The summed E-state index contributed by atoms with van der Waals surface area (Å²) in [5, 5.41) is 7.95. The second kappa shape index (κ2) is 7.40. The largest absolute Gasteiger partial charge is 0.420 e. The lowest BCUT2D eigenvalue weighted by Gasteiger charge is -2.01. The molecule has 0 aliphatic heterocycles. The minimum Gasteiger partial charge on any atom is -0.420 e. The molecule has 0 aliphatic carbocycles. The second-order valence-electron chi connectivity index (χ2n) is 5.15. The van der Waals surface area contributed by atoms with Crippen molar-refractivity contribution in [2.45, 2.75) is 6.42 Å². The Labute approximate surface area is 147 Å². The zero-order valence-corrected chi connectivity index (χ0v) is 13.4. The summed E-state index contributed by atoms with van der Waals surface area (Å²) < 4.78 is 10.2. The van der Waals surface area contributed by atoms with Crippen LogP contribution in [0, 0.1) is 0 Å². The van der Waals surface area contributed by atoms with Gasteiger partial charge in [-0.15, -0.1) is 10.2 Å². The number of nitrogens with one attached hydrogen (secondary N) is 1. The van der Waals surface area contributed by atoms with Gasteiger partial charge in [-0.3, -0.25) is 10.2 Å². The van der Waals surface area contributed by atoms with Crippen LogP contribution < -0.4 is 21.7 Å². The zero-order chi connectivity index (χ0) is 18.5. The maximum Gasteiger partial charge on any atom is 0.411 e. The van der Waals surface area contributed by atoms with Gasteiger partial charge < -0.3 is 14.9 Å². The highest BCUT2D eigenvalue weighted by Crippen LogP contribution is 2.20. The van der Waals surface area contributed by atoms with Crippen molar-refractivity contribution in [3.63, 3.8) is 0 Å². The summed E-state index contributed by atoms with van der Waals surface area (Å²) in [6, 6.07) is 9.91. The molecule has 10 nitrogen and oxygen atoms in total. The van der Waals surface area contributed by atoms with E-state index in [1.165, 1.54) is 12.3 Å². The predicted octanol–water partition coefficient (Wildman–Crippen LogP) is 0.783. The predicted molar refractivity (Wildman–Crippen MR) is 88.6 cm³/mol. The van der Waals surface area contributed by atoms with Crippen molar-refractivity contribution in [1.29, 1.82) is 0 Å². The van der Waals surface area contributed by atoms with E-state index in [-0.39, 0.29) is 17.7 Å². The van der Waals surface area contributed by atoms with Crippen LogP contribution in [0.25, 0.3) is 11.5 Å². The summed E-state index contributed by atoms with van der Waals surface area (Å²) in [5.74, 6) is 5.46. The number of amides is 2. The van der Waals surface area contributed by atoms with Crippen LogP contribution in [0.5, 0.6) is 5.88 Å². The summed E-state index contributed by atoms with van der Waals surface area (Å²) in [4.78, 5) is 26.0. The Morgan fingerprint density at radius 2 is 1.88 bits per heavy atom. The number of carbonyl (C=O) groups excluding carboxylic acids is 2. The minimum atomic E-state index is -0.944. The Kier molecular flexibility index (Phi) is 4.85. The topological polar surface area (TPSA) is 159 Å². The fourth-order valence-corrected chi connectivity index (χ4v) is 2.14. The van der Waals surface area contributed by atoms with Gasteiger partial charge >= 0.3 is 6.09 Å². The van der Waals surface area contributed by atoms with Gasteiger partial charge in [-0.05, 0) is 23.8 Å². The smallest absolute Gasteiger partial charge is 0.411 e. The number of hydrogen-bond donors (Lipinski definition) is 3. The SMILES string of the molecule is NNC(=O)c1ccc(Cc2nnc(-c3ccc(OC(N)=O)nc3)o2)cc1. The molecule has 0 unspecified atom stereocenters. The van der Waals surface area contributed by atoms with Gasteiger partial charge in [0.25, 0.3) is 5.91 Å².